The molecule has 31 heavy (non-hydrogen) atoms. The monoisotopic (exact) mass is 455 g/mol. The van der Waals surface area contributed by atoms with Crippen LogP contribution in [0.5, 0.6) is 11.5 Å². The maximum absolute atomic E-state index is 12.4. The third-order valence-electron chi connectivity index (χ3n) is 4.47. The van der Waals surface area contributed by atoms with Gasteiger partial charge in [-0.1, -0.05) is 35.9 Å². The second-order valence-corrected chi connectivity index (χ2v) is 8.60. The standard InChI is InChI=1S/C22H18ClN3O4S/c1-14-16(13-24)6-4-8-19(14)30-20-10-9-17(12-21(20)31(25,28)29)26-22(27)11-15-5-2-3-7-18(15)23/h2-10,12H,11H2,1H3,(H,26,27)(H2,25,28,29). The summed E-state index contributed by atoms with van der Waals surface area (Å²) in [4.78, 5) is 12.1. The van der Waals surface area contributed by atoms with E-state index in [-0.39, 0.29) is 28.7 Å². The Balaban J connectivity index is 1.88. The van der Waals surface area contributed by atoms with Gasteiger partial charge in [-0.2, -0.15) is 5.26 Å². The molecule has 7 nitrogen and oxygen atoms in total. The molecule has 9 heteroatoms. The lowest BCUT2D eigenvalue weighted by Crippen LogP contribution is -2.17. The number of halogens is 1. The van der Waals surface area contributed by atoms with Crippen LogP contribution in [-0.4, -0.2) is 14.3 Å². The Kier molecular flexibility index (Phi) is 6.61. The average Bonchev–Trinajstić information content (AvgIpc) is 2.71. The van der Waals surface area contributed by atoms with Crippen molar-refractivity contribution in [2.45, 2.75) is 18.2 Å². The van der Waals surface area contributed by atoms with Crippen molar-refractivity contribution in [3.05, 3.63) is 82.4 Å². The number of carbonyl (C=O) groups excluding carboxylic acids is 1. The van der Waals surface area contributed by atoms with Crippen molar-refractivity contribution in [3.63, 3.8) is 0 Å². The van der Waals surface area contributed by atoms with E-state index >= 15 is 0 Å². The fourth-order valence-corrected chi connectivity index (χ4v) is 3.76. The highest BCUT2D eigenvalue weighted by molar-refractivity contribution is 7.89. The zero-order valence-corrected chi connectivity index (χ0v) is 18.0. The Hall–Kier alpha value is -3.38. The molecule has 0 aliphatic rings. The summed E-state index contributed by atoms with van der Waals surface area (Å²) in [5, 5.41) is 17.6. The summed E-state index contributed by atoms with van der Waals surface area (Å²) in [6.45, 7) is 1.69. The highest BCUT2D eigenvalue weighted by Crippen LogP contribution is 2.33. The summed E-state index contributed by atoms with van der Waals surface area (Å²) in [6, 6.07) is 18.0. The number of amides is 1. The van der Waals surface area contributed by atoms with Gasteiger partial charge in [0, 0.05) is 16.3 Å². The number of hydrogen-bond donors (Lipinski definition) is 2. The lowest BCUT2D eigenvalue weighted by Gasteiger charge is -2.14. The number of benzene rings is 3. The Bertz CT molecular complexity index is 1300. The van der Waals surface area contributed by atoms with Crippen molar-refractivity contribution in [1.82, 2.24) is 0 Å². The van der Waals surface area contributed by atoms with Gasteiger partial charge in [-0.25, -0.2) is 13.6 Å². The molecule has 3 N–H and O–H groups in total. The van der Waals surface area contributed by atoms with Crippen LogP contribution in [-0.2, 0) is 21.2 Å². The van der Waals surface area contributed by atoms with Gasteiger partial charge in [0.05, 0.1) is 18.1 Å². The average molecular weight is 456 g/mol. The molecule has 0 atom stereocenters. The van der Waals surface area contributed by atoms with E-state index < -0.39 is 10.0 Å². The quantitative estimate of drug-likeness (QED) is 0.578. The van der Waals surface area contributed by atoms with E-state index in [0.717, 1.165) is 0 Å². The number of nitrogens with one attached hydrogen (secondary N) is 1. The zero-order valence-electron chi connectivity index (χ0n) is 16.4. The highest BCUT2D eigenvalue weighted by atomic mass is 35.5. The van der Waals surface area contributed by atoms with Gasteiger partial charge in [0.25, 0.3) is 0 Å². The van der Waals surface area contributed by atoms with E-state index in [1.54, 1.807) is 49.4 Å². The minimum atomic E-state index is -4.17. The number of nitrogens with zero attached hydrogens (tertiary/aromatic N) is 1. The number of hydrogen-bond acceptors (Lipinski definition) is 5. The third-order valence-corrected chi connectivity index (χ3v) is 5.77. The fraction of sp³-hybridized carbons (Fsp3) is 0.0909. The van der Waals surface area contributed by atoms with Crippen LogP contribution < -0.4 is 15.2 Å². The number of ether oxygens (including phenoxy) is 1. The zero-order chi connectivity index (χ0) is 22.6. The Morgan fingerprint density at radius 1 is 1.13 bits per heavy atom. The second-order valence-electron chi connectivity index (χ2n) is 6.67. The molecule has 158 valence electrons. The molecule has 0 heterocycles. The van der Waals surface area contributed by atoms with Crippen LogP contribution in [0.1, 0.15) is 16.7 Å². The smallest absolute Gasteiger partial charge is 0.241 e. The van der Waals surface area contributed by atoms with Crippen molar-refractivity contribution in [2.24, 2.45) is 5.14 Å². The molecular weight excluding hydrogens is 438 g/mol. The van der Waals surface area contributed by atoms with Crippen molar-refractivity contribution in [2.75, 3.05) is 5.32 Å². The number of anilines is 1. The Morgan fingerprint density at radius 2 is 1.87 bits per heavy atom. The minimum Gasteiger partial charge on any atom is -0.456 e. The summed E-state index contributed by atoms with van der Waals surface area (Å²) in [7, 11) is -4.17. The van der Waals surface area contributed by atoms with Gasteiger partial charge in [0.15, 0.2) is 0 Å². The molecule has 0 aliphatic carbocycles. The molecule has 0 aliphatic heterocycles. The van der Waals surface area contributed by atoms with Gasteiger partial charge in [-0.15, -0.1) is 0 Å². The second kappa shape index (κ2) is 9.18. The van der Waals surface area contributed by atoms with E-state index in [1.165, 1.54) is 18.2 Å². The van der Waals surface area contributed by atoms with Gasteiger partial charge in [-0.3, -0.25) is 4.79 Å². The number of primary sulfonamides is 1. The predicted molar refractivity (Wildman–Crippen MR) is 118 cm³/mol. The third kappa shape index (κ3) is 5.41. The van der Waals surface area contributed by atoms with Gasteiger partial charge >= 0.3 is 0 Å². The van der Waals surface area contributed by atoms with Crippen molar-refractivity contribution >= 4 is 33.2 Å². The molecule has 0 bridgehead atoms. The number of nitriles is 1. The van der Waals surface area contributed by atoms with Gasteiger partial charge in [0.1, 0.15) is 16.4 Å². The van der Waals surface area contributed by atoms with Crippen LogP contribution in [0.25, 0.3) is 0 Å². The van der Waals surface area contributed by atoms with Crippen LogP contribution in [0, 0.1) is 18.3 Å². The molecule has 3 aromatic rings. The first-order valence-electron chi connectivity index (χ1n) is 9.06. The molecule has 0 radical (unpaired) electrons. The SMILES string of the molecule is Cc1c(C#N)cccc1Oc1ccc(NC(=O)Cc2ccccc2Cl)cc1S(N)(=O)=O. The first kappa shape index (κ1) is 22.3. The first-order valence-corrected chi connectivity index (χ1v) is 11.0. The van der Waals surface area contributed by atoms with E-state index in [2.05, 4.69) is 5.32 Å². The summed E-state index contributed by atoms with van der Waals surface area (Å²) in [5.74, 6) is -0.0797. The van der Waals surface area contributed by atoms with Gasteiger partial charge in [-0.05, 0) is 48.9 Å². The molecular formula is C22H18ClN3O4S. The first-order chi connectivity index (χ1) is 14.7. The van der Waals surface area contributed by atoms with Crippen LogP contribution in [0.2, 0.25) is 5.02 Å². The van der Waals surface area contributed by atoms with Gasteiger partial charge < -0.3 is 10.1 Å². The Morgan fingerprint density at radius 3 is 2.55 bits per heavy atom. The molecule has 0 fully saturated rings. The van der Waals surface area contributed by atoms with Crippen LogP contribution in [0.3, 0.4) is 0 Å². The minimum absolute atomic E-state index is 0.0166. The number of sulfonamides is 1. The number of nitrogens with two attached hydrogens (primary N) is 1. The lowest BCUT2D eigenvalue weighted by atomic mass is 10.1. The molecule has 0 aromatic heterocycles. The summed E-state index contributed by atoms with van der Waals surface area (Å²) in [6.07, 6.45) is 0.0166. The summed E-state index contributed by atoms with van der Waals surface area (Å²) >= 11 is 6.08. The normalized spacial score (nSPS) is 10.9. The van der Waals surface area contributed by atoms with Crippen molar-refractivity contribution < 1.29 is 17.9 Å². The van der Waals surface area contributed by atoms with E-state index in [4.69, 9.17) is 26.7 Å². The van der Waals surface area contributed by atoms with Crippen molar-refractivity contribution in [3.8, 4) is 17.6 Å². The van der Waals surface area contributed by atoms with E-state index in [1.807, 2.05) is 6.07 Å². The number of carbonyl (C=O) groups is 1. The van der Waals surface area contributed by atoms with E-state index in [0.29, 0.717) is 27.5 Å². The van der Waals surface area contributed by atoms with E-state index in [9.17, 15) is 13.2 Å². The molecule has 0 saturated heterocycles. The fourth-order valence-electron chi connectivity index (χ4n) is 2.88. The maximum Gasteiger partial charge on any atom is 0.241 e. The van der Waals surface area contributed by atoms with Crippen LogP contribution in [0.4, 0.5) is 5.69 Å². The molecule has 0 unspecified atom stereocenters. The topological polar surface area (TPSA) is 122 Å². The van der Waals surface area contributed by atoms with Crippen LogP contribution in [0.15, 0.2) is 65.6 Å². The lowest BCUT2D eigenvalue weighted by molar-refractivity contribution is -0.115. The largest absolute Gasteiger partial charge is 0.456 e. The Labute approximate surface area is 185 Å². The predicted octanol–water partition coefficient (Wildman–Crippen LogP) is 4.14. The maximum atomic E-state index is 12.4. The summed E-state index contributed by atoms with van der Waals surface area (Å²) in [5.41, 5.74) is 1.83. The highest BCUT2D eigenvalue weighted by Gasteiger charge is 2.19. The molecule has 0 saturated carbocycles. The number of rotatable bonds is 6. The molecule has 0 spiro atoms. The molecule has 3 aromatic carbocycles. The summed E-state index contributed by atoms with van der Waals surface area (Å²) < 4.78 is 30.0. The van der Waals surface area contributed by atoms with Crippen molar-refractivity contribution in [1.29, 1.82) is 5.26 Å². The molecule has 1 amide bonds. The van der Waals surface area contributed by atoms with Gasteiger partial charge in [0.2, 0.25) is 15.9 Å². The molecule has 3 rings (SSSR count). The van der Waals surface area contributed by atoms with Crippen LogP contribution >= 0.6 is 11.6 Å².